The Morgan fingerprint density at radius 2 is 2.40 bits per heavy atom. The summed E-state index contributed by atoms with van der Waals surface area (Å²) in [5.41, 5.74) is 6.54. The van der Waals surface area contributed by atoms with Crippen LogP contribution in [0.2, 0.25) is 0 Å². The van der Waals surface area contributed by atoms with E-state index in [1.54, 1.807) is 6.20 Å². The van der Waals surface area contributed by atoms with Crippen molar-refractivity contribution in [2.75, 3.05) is 6.54 Å². The minimum atomic E-state index is -0.395. The van der Waals surface area contributed by atoms with Gasteiger partial charge in [0.1, 0.15) is 0 Å². The molecule has 4 nitrogen and oxygen atoms in total. The number of nitrogens with zero attached hydrogens (tertiary/aromatic N) is 1. The molecule has 0 radical (unpaired) electrons. The number of nitrogens with two attached hydrogens (primary N) is 1. The number of pyridine rings is 1. The lowest BCUT2D eigenvalue weighted by atomic mass is 10.2. The molecule has 15 heavy (non-hydrogen) atoms. The van der Waals surface area contributed by atoms with Gasteiger partial charge in [-0.2, -0.15) is 0 Å². The average molecular weight is 207 g/mol. The first-order valence-corrected chi connectivity index (χ1v) is 5.17. The van der Waals surface area contributed by atoms with Crippen LogP contribution in [0.5, 0.6) is 0 Å². The molecule has 1 heterocycles. The largest absolute Gasteiger partial charge is 0.354 e. The van der Waals surface area contributed by atoms with Crippen molar-refractivity contribution in [3.63, 3.8) is 0 Å². The number of rotatable bonds is 5. The molecule has 1 atom stereocenters. The highest BCUT2D eigenvalue weighted by atomic mass is 16.2. The smallest absolute Gasteiger partial charge is 0.236 e. The Morgan fingerprint density at radius 3 is 3.00 bits per heavy atom. The van der Waals surface area contributed by atoms with Crippen molar-refractivity contribution in [3.05, 3.63) is 30.1 Å². The molecule has 1 amide bonds. The van der Waals surface area contributed by atoms with Gasteiger partial charge in [-0.3, -0.25) is 9.78 Å². The third kappa shape index (κ3) is 4.08. The second-order valence-electron chi connectivity index (χ2n) is 3.38. The van der Waals surface area contributed by atoms with E-state index in [1.807, 2.05) is 25.1 Å². The van der Waals surface area contributed by atoms with Gasteiger partial charge >= 0.3 is 0 Å². The number of aromatic nitrogens is 1. The van der Waals surface area contributed by atoms with E-state index in [0.29, 0.717) is 13.0 Å². The molecule has 1 aromatic rings. The lowest BCUT2D eigenvalue weighted by Gasteiger charge is -2.09. The Bertz CT molecular complexity index is 300. The maximum absolute atomic E-state index is 11.3. The Balaban J connectivity index is 2.25. The normalized spacial score (nSPS) is 12.1. The molecule has 0 spiro atoms. The van der Waals surface area contributed by atoms with Crippen LogP contribution in [0, 0.1) is 0 Å². The standard InChI is InChI=1S/C11H17N3O/c1-2-10(12)11(15)14-8-6-9-5-3-4-7-13-9/h3-5,7,10H,2,6,8,12H2,1H3,(H,14,15)/t10-/m1/s1. The molecule has 1 aromatic heterocycles. The van der Waals surface area contributed by atoms with Gasteiger partial charge in [-0.15, -0.1) is 0 Å². The molecule has 0 fully saturated rings. The van der Waals surface area contributed by atoms with Crippen LogP contribution in [0.3, 0.4) is 0 Å². The number of hydrogen-bond donors (Lipinski definition) is 2. The molecule has 1 rings (SSSR count). The van der Waals surface area contributed by atoms with Crippen LogP contribution in [0.1, 0.15) is 19.0 Å². The molecule has 0 aliphatic heterocycles. The zero-order valence-electron chi connectivity index (χ0n) is 8.94. The van der Waals surface area contributed by atoms with E-state index < -0.39 is 6.04 Å². The summed E-state index contributed by atoms with van der Waals surface area (Å²) in [6.07, 6.45) is 3.15. The van der Waals surface area contributed by atoms with E-state index in [9.17, 15) is 4.79 Å². The van der Waals surface area contributed by atoms with Gasteiger partial charge in [-0.25, -0.2) is 0 Å². The molecule has 0 aliphatic rings. The maximum atomic E-state index is 11.3. The van der Waals surface area contributed by atoms with Crippen molar-refractivity contribution < 1.29 is 4.79 Å². The van der Waals surface area contributed by atoms with Crippen molar-refractivity contribution in [3.8, 4) is 0 Å². The number of hydrogen-bond acceptors (Lipinski definition) is 3. The molecular formula is C11H17N3O. The van der Waals surface area contributed by atoms with Gasteiger partial charge in [0.25, 0.3) is 0 Å². The highest BCUT2D eigenvalue weighted by Gasteiger charge is 2.09. The molecular weight excluding hydrogens is 190 g/mol. The zero-order valence-corrected chi connectivity index (χ0v) is 8.94. The minimum Gasteiger partial charge on any atom is -0.354 e. The maximum Gasteiger partial charge on any atom is 0.236 e. The lowest BCUT2D eigenvalue weighted by Crippen LogP contribution is -2.40. The monoisotopic (exact) mass is 207 g/mol. The first-order chi connectivity index (χ1) is 7.24. The highest BCUT2D eigenvalue weighted by Crippen LogP contribution is 1.93. The van der Waals surface area contributed by atoms with Gasteiger partial charge in [0.2, 0.25) is 5.91 Å². The van der Waals surface area contributed by atoms with Gasteiger partial charge in [-0.1, -0.05) is 13.0 Å². The summed E-state index contributed by atoms with van der Waals surface area (Å²) in [5, 5.41) is 2.78. The summed E-state index contributed by atoms with van der Waals surface area (Å²) >= 11 is 0. The highest BCUT2D eigenvalue weighted by molar-refractivity contribution is 5.81. The van der Waals surface area contributed by atoms with Crippen LogP contribution in [-0.4, -0.2) is 23.5 Å². The Morgan fingerprint density at radius 1 is 1.60 bits per heavy atom. The van der Waals surface area contributed by atoms with Crippen LogP contribution in [0.4, 0.5) is 0 Å². The van der Waals surface area contributed by atoms with E-state index in [-0.39, 0.29) is 5.91 Å². The molecule has 0 bridgehead atoms. The van der Waals surface area contributed by atoms with Gasteiger partial charge in [0, 0.05) is 24.9 Å². The van der Waals surface area contributed by atoms with Crippen LogP contribution >= 0.6 is 0 Å². The predicted octanol–water partition coefficient (Wildman–Crippen LogP) is 0.478. The number of carbonyl (C=O) groups is 1. The van der Waals surface area contributed by atoms with Crippen LogP contribution in [0.25, 0.3) is 0 Å². The summed E-state index contributed by atoms with van der Waals surface area (Å²) in [6.45, 7) is 2.48. The summed E-state index contributed by atoms with van der Waals surface area (Å²) in [6, 6.07) is 5.34. The molecule has 4 heteroatoms. The summed E-state index contributed by atoms with van der Waals surface area (Å²) in [7, 11) is 0. The zero-order chi connectivity index (χ0) is 11.1. The van der Waals surface area contributed by atoms with Gasteiger partial charge in [0.15, 0.2) is 0 Å². The van der Waals surface area contributed by atoms with Crippen molar-refractivity contribution in [1.82, 2.24) is 10.3 Å². The van der Waals surface area contributed by atoms with E-state index >= 15 is 0 Å². The fraction of sp³-hybridized carbons (Fsp3) is 0.455. The van der Waals surface area contributed by atoms with E-state index in [1.165, 1.54) is 0 Å². The second-order valence-corrected chi connectivity index (χ2v) is 3.38. The van der Waals surface area contributed by atoms with Crippen molar-refractivity contribution in [2.45, 2.75) is 25.8 Å². The Kier molecular flexibility index (Phi) is 4.77. The molecule has 0 aromatic carbocycles. The van der Waals surface area contributed by atoms with Crippen molar-refractivity contribution >= 4 is 5.91 Å². The van der Waals surface area contributed by atoms with Crippen molar-refractivity contribution in [2.24, 2.45) is 5.73 Å². The van der Waals surface area contributed by atoms with Crippen LogP contribution < -0.4 is 11.1 Å². The van der Waals surface area contributed by atoms with Crippen LogP contribution in [-0.2, 0) is 11.2 Å². The minimum absolute atomic E-state index is 0.0894. The summed E-state index contributed by atoms with van der Waals surface area (Å²) < 4.78 is 0. The first-order valence-electron chi connectivity index (χ1n) is 5.17. The molecule has 82 valence electrons. The van der Waals surface area contributed by atoms with Crippen LogP contribution in [0.15, 0.2) is 24.4 Å². The van der Waals surface area contributed by atoms with Crippen molar-refractivity contribution in [1.29, 1.82) is 0 Å². The quantitative estimate of drug-likeness (QED) is 0.737. The lowest BCUT2D eigenvalue weighted by molar-refractivity contribution is -0.122. The third-order valence-electron chi connectivity index (χ3n) is 2.18. The van der Waals surface area contributed by atoms with E-state index in [2.05, 4.69) is 10.3 Å². The summed E-state index contributed by atoms with van der Waals surface area (Å²) in [4.78, 5) is 15.5. The first kappa shape index (κ1) is 11.7. The molecule has 0 aliphatic carbocycles. The van der Waals surface area contributed by atoms with Gasteiger partial charge in [0.05, 0.1) is 6.04 Å². The van der Waals surface area contributed by atoms with Gasteiger partial charge in [-0.05, 0) is 18.6 Å². The number of nitrogens with one attached hydrogen (secondary N) is 1. The Hall–Kier alpha value is -1.42. The molecule has 0 saturated carbocycles. The molecule has 0 saturated heterocycles. The molecule has 0 unspecified atom stereocenters. The Labute approximate surface area is 89.9 Å². The fourth-order valence-corrected chi connectivity index (χ4v) is 1.18. The number of amides is 1. The number of carbonyl (C=O) groups excluding carboxylic acids is 1. The third-order valence-corrected chi connectivity index (χ3v) is 2.18. The van der Waals surface area contributed by atoms with Gasteiger partial charge < -0.3 is 11.1 Å². The SMILES string of the molecule is CC[C@@H](N)C(=O)NCCc1ccccn1. The molecule has 3 N–H and O–H groups in total. The van der Waals surface area contributed by atoms with E-state index in [4.69, 9.17) is 5.73 Å². The topological polar surface area (TPSA) is 68.0 Å². The fourth-order valence-electron chi connectivity index (χ4n) is 1.18. The second kappa shape index (κ2) is 6.14. The predicted molar refractivity (Wildman–Crippen MR) is 59.2 cm³/mol. The van der Waals surface area contributed by atoms with E-state index in [0.717, 1.165) is 12.1 Å². The average Bonchev–Trinajstić information content (AvgIpc) is 2.29. The summed E-state index contributed by atoms with van der Waals surface area (Å²) in [5.74, 6) is -0.0894.